The maximum absolute atomic E-state index is 13.1. The van der Waals surface area contributed by atoms with Crippen LogP contribution in [0.15, 0.2) is 30.9 Å². The van der Waals surface area contributed by atoms with Crippen LogP contribution < -0.4 is 4.74 Å². The van der Waals surface area contributed by atoms with Crippen molar-refractivity contribution in [3.8, 4) is 5.75 Å². The van der Waals surface area contributed by atoms with E-state index in [4.69, 9.17) is 4.74 Å². The summed E-state index contributed by atoms with van der Waals surface area (Å²) in [5, 5.41) is 0. The number of ether oxygens (including phenoxy) is 1. The Morgan fingerprint density at radius 1 is 1.53 bits per heavy atom. The van der Waals surface area contributed by atoms with Gasteiger partial charge in [0.15, 0.2) is 0 Å². The van der Waals surface area contributed by atoms with E-state index in [2.05, 4.69) is 6.58 Å². The summed E-state index contributed by atoms with van der Waals surface area (Å²) in [7, 11) is 0. The zero-order chi connectivity index (χ0) is 11.3. The zero-order valence-electron chi connectivity index (χ0n) is 9.29. The van der Waals surface area contributed by atoms with Crippen molar-refractivity contribution in [2.24, 2.45) is 5.92 Å². The van der Waals surface area contributed by atoms with Gasteiger partial charge in [-0.25, -0.2) is 4.39 Å². The monoisotopic (exact) mass is 208 g/mol. The first-order chi connectivity index (χ1) is 7.17. The largest absolute Gasteiger partial charge is 0.494 e. The van der Waals surface area contributed by atoms with Crippen molar-refractivity contribution >= 4 is 0 Å². The first-order valence-electron chi connectivity index (χ1n) is 5.21. The summed E-state index contributed by atoms with van der Waals surface area (Å²) in [5.41, 5.74) is 0.907. The molecule has 1 rings (SSSR count). The lowest BCUT2D eigenvalue weighted by molar-refractivity contribution is 0.334. The van der Waals surface area contributed by atoms with Crippen molar-refractivity contribution in [2.75, 3.05) is 6.61 Å². The molecule has 0 bridgehead atoms. The molecule has 1 aromatic rings. The Labute approximate surface area is 90.6 Å². The standard InChI is InChI=1S/C13H17FO/c1-4-10(3)8-11-9-12(14)6-7-13(11)15-5-2/h4,6-7,9-10H,1,5,8H2,2-3H3. The molecule has 0 aromatic heterocycles. The lowest BCUT2D eigenvalue weighted by Gasteiger charge is -2.12. The summed E-state index contributed by atoms with van der Waals surface area (Å²) in [6, 6.07) is 4.64. The molecule has 0 amide bonds. The highest BCUT2D eigenvalue weighted by molar-refractivity contribution is 5.34. The molecule has 0 aliphatic heterocycles. The third-order valence-corrected chi connectivity index (χ3v) is 2.27. The van der Waals surface area contributed by atoms with Gasteiger partial charge in [-0.2, -0.15) is 0 Å². The molecule has 1 atom stereocenters. The number of halogens is 1. The quantitative estimate of drug-likeness (QED) is 0.672. The van der Waals surface area contributed by atoms with Crippen LogP contribution in [-0.2, 0) is 6.42 Å². The summed E-state index contributed by atoms with van der Waals surface area (Å²) >= 11 is 0. The SMILES string of the molecule is C=CC(C)Cc1cc(F)ccc1OCC. The third-order valence-electron chi connectivity index (χ3n) is 2.27. The van der Waals surface area contributed by atoms with E-state index >= 15 is 0 Å². The Morgan fingerprint density at radius 2 is 2.27 bits per heavy atom. The van der Waals surface area contributed by atoms with Gasteiger partial charge in [-0.15, -0.1) is 6.58 Å². The first kappa shape index (κ1) is 11.8. The predicted octanol–water partition coefficient (Wildman–Crippen LogP) is 3.59. The minimum Gasteiger partial charge on any atom is -0.494 e. The predicted molar refractivity (Wildman–Crippen MR) is 60.6 cm³/mol. The van der Waals surface area contributed by atoms with Gasteiger partial charge < -0.3 is 4.74 Å². The minimum atomic E-state index is -0.218. The Kier molecular flexibility index (Phi) is 4.35. The molecular weight excluding hydrogens is 191 g/mol. The first-order valence-corrected chi connectivity index (χ1v) is 5.21. The van der Waals surface area contributed by atoms with Crippen LogP contribution in [0.2, 0.25) is 0 Å². The molecule has 1 unspecified atom stereocenters. The molecule has 0 heterocycles. The van der Waals surface area contributed by atoms with Gasteiger partial charge >= 0.3 is 0 Å². The van der Waals surface area contributed by atoms with Crippen LogP contribution in [0.1, 0.15) is 19.4 Å². The van der Waals surface area contributed by atoms with E-state index in [1.165, 1.54) is 12.1 Å². The molecule has 15 heavy (non-hydrogen) atoms. The van der Waals surface area contributed by atoms with Crippen molar-refractivity contribution in [1.82, 2.24) is 0 Å². The fraction of sp³-hybridized carbons (Fsp3) is 0.385. The summed E-state index contributed by atoms with van der Waals surface area (Å²) < 4.78 is 18.5. The molecule has 0 radical (unpaired) electrons. The fourth-order valence-electron chi connectivity index (χ4n) is 1.43. The van der Waals surface area contributed by atoms with Gasteiger partial charge in [0.1, 0.15) is 11.6 Å². The van der Waals surface area contributed by atoms with E-state index in [0.717, 1.165) is 17.7 Å². The highest BCUT2D eigenvalue weighted by atomic mass is 19.1. The fourth-order valence-corrected chi connectivity index (χ4v) is 1.43. The van der Waals surface area contributed by atoms with Gasteiger partial charge in [-0.3, -0.25) is 0 Å². The Morgan fingerprint density at radius 3 is 2.87 bits per heavy atom. The normalized spacial score (nSPS) is 12.2. The molecule has 0 saturated heterocycles. The number of allylic oxidation sites excluding steroid dienone is 1. The summed E-state index contributed by atoms with van der Waals surface area (Å²) in [6.07, 6.45) is 2.62. The van der Waals surface area contributed by atoms with Gasteiger partial charge in [0.05, 0.1) is 6.61 Å². The molecule has 82 valence electrons. The molecule has 2 heteroatoms. The molecule has 1 aromatic carbocycles. The van der Waals surface area contributed by atoms with Crippen LogP contribution in [0.5, 0.6) is 5.75 Å². The summed E-state index contributed by atoms with van der Waals surface area (Å²) in [6.45, 7) is 8.29. The number of hydrogen-bond donors (Lipinski definition) is 0. The molecule has 0 N–H and O–H groups in total. The molecule has 0 saturated carbocycles. The second kappa shape index (κ2) is 5.54. The minimum absolute atomic E-state index is 0.218. The van der Waals surface area contributed by atoms with E-state index in [9.17, 15) is 4.39 Å². The lowest BCUT2D eigenvalue weighted by atomic mass is 10.0. The number of rotatable bonds is 5. The molecule has 1 nitrogen and oxygen atoms in total. The van der Waals surface area contributed by atoms with Crippen molar-refractivity contribution in [3.05, 3.63) is 42.2 Å². The maximum atomic E-state index is 13.1. The Bertz CT molecular complexity index is 333. The van der Waals surface area contributed by atoms with E-state index in [1.54, 1.807) is 6.07 Å². The Hall–Kier alpha value is -1.31. The third kappa shape index (κ3) is 3.39. The molecule has 0 spiro atoms. The van der Waals surface area contributed by atoms with Crippen molar-refractivity contribution < 1.29 is 9.13 Å². The van der Waals surface area contributed by atoms with Gasteiger partial charge in [0.25, 0.3) is 0 Å². The van der Waals surface area contributed by atoms with Gasteiger partial charge in [0, 0.05) is 0 Å². The van der Waals surface area contributed by atoms with E-state index in [1.807, 2.05) is 19.9 Å². The second-order valence-electron chi connectivity index (χ2n) is 3.60. The topological polar surface area (TPSA) is 9.23 Å². The van der Waals surface area contributed by atoms with E-state index in [-0.39, 0.29) is 5.82 Å². The Balaban J connectivity index is 2.90. The number of benzene rings is 1. The molecule has 0 aliphatic carbocycles. The smallest absolute Gasteiger partial charge is 0.123 e. The zero-order valence-corrected chi connectivity index (χ0v) is 9.29. The number of hydrogen-bond acceptors (Lipinski definition) is 1. The van der Waals surface area contributed by atoms with Crippen molar-refractivity contribution in [3.63, 3.8) is 0 Å². The highest BCUT2D eigenvalue weighted by Gasteiger charge is 2.07. The van der Waals surface area contributed by atoms with E-state index < -0.39 is 0 Å². The average molecular weight is 208 g/mol. The van der Waals surface area contributed by atoms with Crippen molar-refractivity contribution in [1.29, 1.82) is 0 Å². The van der Waals surface area contributed by atoms with Crippen LogP contribution >= 0.6 is 0 Å². The van der Waals surface area contributed by atoms with Crippen LogP contribution in [0.4, 0.5) is 4.39 Å². The lowest BCUT2D eigenvalue weighted by Crippen LogP contribution is -2.01. The van der Waals surface area contributed by atoms with Crippen LogP contribution in [0.25, 0.3) is 0 Å². The van der Waals surface area contributed by atoms with Crippen molar-refractivity contribution in [2.45, 2.75) is 20.3 Å². The highest BCUT2D eigenvalue weighted by Crippen LogP contribution is 2.23. The summed E-state index contributed by atoms with van der Waals surface area (Å²) in [4.78, 5) is 0. The van der Waals surface area contributed by atoms with Gasteiger partial charge in [-0.1, -0.05) is 13.0 Å². The van der Waals surface area contributed by atoms with Gasteiger partial charge in [0.2, 0.25) is 0 Å². The van der Waals surface area contributed by atoms with Crippen LogP contribution in [0, 0.1) is 11.7 Å². The molecular formula is C13H17FO. The van der Waals surface area contributed by atoms with Crippen LogP contribution in [-0.4, -0.2) is 6.61 Å². The average Bonchev–Trinajstić information content (AvgIpc) is 2.22. The molecule has 0 fully saturated rings. The second-order valence-corrected chi connectivity index (χ2v) is 3.60. The molecule has 0 aliphatic rings. The van der Waals surface area contributed by atoms with Crippen LogP contribution in [0.3, 0.4) is 0 Å². The van der Waals surface area contributed by atoms with Gasteiger partial charge in [-0.05, 0) is 43.0 Å². The summed E-state index contributed by atoms with van der Waals surface area (Å²) in [5.74, 6) is 0.878. The maximum Gasteiger partial charge on any atom is 0.123 e. The van der Waals surface area contributed by atoms with E-state index in [0.29, 0.717) is 12.5 Å².